The van der Waals surface area contributed by atoms with Gasteiger partial charge in [-0.05, 0) is 67.8 Å². The van der Waals surface area contributed by atoms with E-state index in [0.717, 1.165) is 22.4 Å². The predicted octanol–water partition coefficient (Wildman–Crippen LogP) is 4.81. The number of carbonyl (C=O) groups is 1. The summed E-state index contributed by atoms with van der Waals surface area (Å²) in [4.78, 5) is 17.5. The van der Waals surface area contributed by atoms with Crippen molar-refractivity contribution in [1.29, 1.82) is 0 Å². The van der Waals surface area contributed by atoms with Crippen molar-refractivity contribution in [1.82, 2.24) is 4.90 Å². The Morgan fingerprint density at radius 1 is 0.886 bits per heavy atom. The van der Waals surface area contributed by atoms with E-state index in [1.54, 1.807) is 41.3 Å². The summed E-state index contributed by atoms with van der Waals surface area (Å²) in [6.07, 6.45) is 0. The third-order valence-corrected chi connectivity index (χ3v) is 8.61. The molecular formula is C27H30ClN3O3S. The van der Waals surface area contributed by atoms with Crippen molar-refractivity contribution in [2.24, 2.45) is 0 Å². The highest BCUT2D eigenvalue weighted by Gasteiger charge is 2.31. The molecule has 6 nitrogen and oxygen atoms in total. The maximum Gasteiger partial charge on any atom is 0.264 e. The number of piperazine rings is 1. The van der Waals surface area contributed by atoms with Gasteiger partial charge < -0.3 is 9.80 Å². The average Bonchev–Trinajstić information content (AvgIpc) is 2.86. The van der Waals surface area contributed by atoms with E-state index >= 15 is 0 Å². The lowest BCUT2D eigenvalue weighted by Crippen LogP contribution is -2.52. The third kappa shape index (κ3) is 5.31. The number of aryl methyl sites for hydroxylation is 2. The summed E-state index contributed by atoms with van der Waals surface area (Å²) >= 11 is 6.19. The molecule has 1 saturated heterocycles. The molecule has 1 fully saturated rings. The number of carbonyl (C=O) groups excluding carboxylic acids is 1. The van der Waals surface area contributed by atoms with Gasteiger partial charge in [0.25, 0.3) is 10.0 Å². The zero-order chi connectivity index (χ0) is 25.2. The van der Waals surface area contributed by atoms with Gasteiger partial charge in [-0.1, -0.05) is 48.0 Å². The summed E-state index contributed by atoms with van der Waals surface area (Å²) in [7, 11) is -3.93. The summed E-state index contributed by atoms with van der Waals surface area (Å²) in [5, 5.41) is 0.680. The van der Waals surface area contributed by atoms with Crippen LogP contribution in [-0.4, -0.2) is 51.9 Å². The van der Waals surface area contributed by atoms with Gasteiger partial charge in [-0.15, -0.1) is 0 Å². The van der Waals surface area contributed by atoms with Crippen LogP contribution in [0.4, 0.5) is 11.4 Å². The van der Waals surface area contributed by atoms with Crippen molar-refractivity contribution in [2.75, 3.05) is 41.9 Å². The number of benzene rings is 3. The number of rotatable bonds is 6. The second kappa shape index (κ2) is 10.3. The van der Waals surface area contributed by atoms with Crippen molar-refractivity contribution in [2.45, 2.75) is 25.7 Å². The molecule has 1 amide bonds. The summed E-state index contributed by atoms with van der Waals surface area (Å²) in [5.41, 5.74) is 4.52. The molecule has 0 aliphatic carbocycles. The van der Waals surface area contributed by atoms with Crippen molar-refractivity contribution >= 4 is 38.9 Å². The number of sulfonamides is 1. The van der Waals surface area contributed by atoms with Gasteiger partial charge in [0.15, 0.2) is 0 Å². The molecule has 0 spiro atoms. The van der Waals surface area contributed by atoms with Gasteiger partial charge in [0, 0.05) is 36.9 Å². The van der Waals surface area contributed by atoms with Crippen LogP contribution in [0, 0.1) is 20.8 Å². The first-order chi connectivity index (χ1) is 16.7. The van der Waals surface area contributed by atoms with Crippen molar-refractivity contribution < 1.29 is 13.2 Å². The lowest BCUT2D eigenvalue weighted by atomic mass is 10.1. The van der Waals surface area contributed by atoms with E-state index in [9.17, 15) is 13.2 Å². The summed E-state index contributed by atoms with van der Waals surface area (Å²) in [6.45, 7) is 7.94. The Kier molecular flexibility index (Phi) is 7.38. The van der Waals surface area contributed by atoms with Crippen LogP contribution < -0.4 is 9.21 Å². The second-order valence-corrected chi connectivity index (χ2v) is 11.1. The van der Waals surface area contributed by atoms with Gasteiger partial charge in [-0.25, -0.2) is 8.42 Å². The lowest BCUT2D eigenvalue weighted by Gasteiger charge is -2.38. The monoisotopic (exact) mass is 511 g/mol. The van der Waals surface area contributed by atoms with Crippen LogP contribution in [0.3, 0.4) is 0 Å². The average molecular weight is 512 g/mol. The maximum absolute atomic E-state index is 13.7. The Morgan fingerprint density at radius 3 is 2.26 bits per heavy atom. The van der Waals surface area contributed by atoms with Crippen molar-refractivity contribution in [3.8, 4) is 0 Å². The smallest absolute Gasteiger partial charge is 0.264 e. The van der Waals surface area contributed by atoms with Gasteiger partial charge in [0.2, 0.25) is 5.91 Å². The molecule has 1 heterocycles. The van der Waals surface area contributed by atoms with Gasteiger partial charge in [0.05, 0.1) is 10.6 Å². The fraction of sp³-hybridized carbons (Fsp3) is 0.296. The van der Waals surface area contributed by atoms with E-state index < -0.39 is 10.0 Å². The van der Waals surface area contributed by atoms with Gasteiger partial charge in [-0.2, -0.15) is 0 Å². The fourth-order valence-corrected chi connectivity index (χ4v) is 6.03. The summed E-state index contributed by atoms with van der Waals surface area (Å²) in [6, 6.07) is 19.6. The first kappa shape index (κ1) is 25.1. The molecule has 1 aliphatic heterocycles. The van der Waals surface area contributed by atoms with Crippen LogP contribution in [-0.2, 0) is 14.8 Å². The number of hydrogen-bond acceptors (Lipinski definition) is 4. The van der Waals surface area contributed by atoms with E-state index in [2.05, 4.69) is 4.90 Å². The minimum absolute atomic E-state index is 0.162. The Bertz CT molecular complexity index is 1320. The zero-order valence-corrected chi connectivity index (χ0v) is 21.8. The first-order valence-electron chi connectivity index (χ1n) is 11.6. The van der Waals surface area contributed by atoms with Crippen LogP contribution in [0.15, 0.2) is 71.6 Å². The van der Waals surface area contributed by atoms with Crippen LogP contribution >= 0.6 is 11.6 Å². The van der Waals surface area contributed by atoms with E-state index in [0.29, 0.717) is 36.9 Å². The SMILES string of the molecule is Cc1ccc(Cl)cc1N1CCN(C(=O)CN(c2cccc(C)c2C)S(=O)(=O)c2ccccc2)CC1. The quantitative estimate of drug-likeness (QED) is 0.476. The molecule has 1 aliphatic rings. The normalized spacial score (nSPS) is 14.2. The summed E-state index contributed by atoms with van der Waals surface area (Å²) < 4.78 is 28.6. The van der Waals surface area contributed by atoms with Crippen LogP contribution in [0.5, 0.6) is 0 Å². The van der Waals surface area contributed by atoms with Gasteiger partial charge in [0.1, 0.15) is 6.54 Å². The van der Waals surface area contributed by atoms with Gasteiger partial charge >= 0.3 is 0 Å². The van der Waals surface area contributed by atoms with E-state index in [-0.39, 0.29) is 17.3 Å². The molecule has 35 heavy (non-hydrogen) atoms. The molecule has 0 saturated carbocycles. The van der Waals surface area contributed by atoms with E-state index in [1.807, 2.05) is 51.1 Å². The number of anilines is 2. The minimum atomic E-state index is -3.93. The predicted molar refractivity (Wildman–Crippen MR) is 142 cm³/mol. The third-order valence-electron chi connectivity index (χ3n) is 6.60. The molecule has 0 unspecified atom stereocenters. The number of hydrogen-bond donors (Lipinski definition) is 0. The molecule has 0 atom stereocenters. The number of amides is 1. The molecule has 8 heteroatoms. The second-order valence-electron chi connectivity index (χ2n) is 8.84. The topological polar surface area (TPSA) is 60.9 Å². The molecule has 0 radical (unpaired) electrons. The van der Waals surface area contributed by atoms with E-state index in [4.69, 9.17) is 11.6 Å². The van der Waals surface area contributed by atoms with Crippen molar-refractivity contribution in [3.63, 3.8) is 0 Å². The molecular weight excluding hydrogens is 482 g/mol. The largest absolute Gasteiger partial charge is 0.368 e. The Morgan fingerprint density at radius 2 is 1.57 bits per heavy atom. The maximum atomic E-state index is 13.7. The molecule has 0 aromatic heterocycles. The molecule has 0 N–H and O–H groups in total. The number of halogens is 1. The van der Waals surface area contributed by atoms with Crippen LogP contribution in [0.1, 0.15) is 16.7 Å². The highest BCUT2D eigenvalue weighted by molar-refractivity contribution is 7.92. The van der Waals surface area contributed by atoms with E-state index in [1.165, 1.54) is 4.31 Å². The van der Waals surface area contributed by atoms with Crippen molar-refractivity contribution in [3.05, 3.63) is 88.4 Å². The van der Waals surface area contributed by atoms with Crippen LogP contribution in [0.2, 0.25) is 5.02 Å². The Hall–Kier alpha value is -3.03. The Labute approximate surface area is 212 Å². The molecule has 3 aromatic rings. The van der Waals surface area contributed by atoms with Gasteiger partial charge in [-0.3, -0.25) is 9.10 Å². The number of nitrogens with zero attached hydrogens (tertiary/aromatic N) is 3. The molecule has 0 bridgehead atoms. The molecule has 4 rings (SSSR count). The first-order valence-corrected chi connectivity index (χ1v) is 13.4. The van der Waals surface area contributed by atoms with Crippen LogP contribution in [0.25, 0.3) is 0 Å². The highest BCUT2D eigenvalue weighted by Crippen LogP contribution is 2.29. The zero-order valence-electron chi connectivity index (χ0n) is 20.2. The molecule has 184 valence electrons. The molecule has 3 aromatic carbocycles. The lowest BCUT2D eigenvalue weighted by molar-refractivity contribution is -0.129. The highest BCUT2D eigenvalue weighted by atomic mass is 35.5. The minimum Gasteiger partial charge on any atom is -0.368 e. The fourth-order valence-electron chi connectivity index (χ4n) is 4.37. The summed E-state index contributed by atoms with van der Waals surface area (Å²) in [5.74, 6) is -0.215. The standard InChI is InChI=1S/C27H30ClN3O3S/c1-20-8-7-11-25(22(20)3)31(35(33,34)24-9-5-4-6-10-24)19-27(32)30-16-14-29(15-17-30)26-18-23(28)13-12-21(26)2/h4-13,18H,14-17,19H2,1-3H3. The Balaban J connectivity index is 1.57.